The second kappa shape index (κ2) is 6.17. The first-order valence-corrected chi connectivity index (χ1v) is 6.48. The van der Waals surface area contributed by atoms with Gasteiger partial charge in [-0.25, -0.2) is 4.79 Å². The van der Waals surface area contributed by atoms with E-state index in [1.54, 1.807) is 19.2 Å². The van der Waals surface area contributed by atoms with Gasteiger partial charge in [-0.2, -0.15) is 0 Å². The molecule has 2 aromatic carbocycles. The molecule has 2 rings (SSSR count). The Kier molecular flexibility index (Phi) is 4.33. The van der Waals surface area contributed by atoms with Crippen LogP contribution in [-0.2, 0) is 6.54 Å². The molecule has 0 atom stereocenters. The van der Waals surface area contributed by atoms with Gasteiger partial charge >= 0.3 is 5.97 Å². The number of nitrogens with zero attached hydrogens (tertiary/aromatic N) is 1. The number of carboxylic acid groups (broad SMARTS) is 1. The monoisotopic (exact) mass is 286 g/mol. The molecule has 0 aliphatic heterocycles. The van der Waals surface area contributed by atoms with Gasteiger partial charge in [0.15, 0.2) is 0 Å². The number of hydrogen-bond donors (Lipinski definition) is 2. The Morgan fingerprint density at radius 2 is 1.90 bits per heavy atom. The summed E-state index contributed by atoms with van der Waals surface area (Å²) in [6.07, 6.45) is 0. The molecule has 21 heavy (non-hydrogen) atoms. The molecule has 110 valence electrons. The van der Waals surface area contributed by atoms with Gasteiger partial charge in [0.1, 0.15) is 5.75 Å². The Hall–Kier alpha value is -2.69. The number of anilines is 2. The number of ether oxygens (including phenoxy) is 1. The van der Waals surface area contributed by atoms with E-state index in [9.17, 15) is 4.79 Å². The number of nitrogen functional groups attached to an aromatic ring is 1. The summed E-state index contributed by atoms with van der Waals surface area (Å²) in [4.78, 5) is 13.0. The van der Waals surface area contributed by atoms with Crippen LogP contribution in [-0.4, -0.2) is 25.2 Å². The first-order chi connectivity index (χ1) is 10.0. The molecule has 0 unspecified atom stereocenters. The number of benzene rings is 2. The standard InChI is InChI=1S/C16H18N2O3/c1-18(10-11-3-6-13(21-2)7-4-11)15-9-12(16(19)20)5-8-14(15)17/h3-9H,10,17H2,1-2H3,(H,19,20). The van der Waals surface area contributed by atoms with E-state index in [-0.39, 0.29) is 5.56 Å². The van der Waals surface area contributed by atoms with Gasteiger partial charge < -0.3 is 20.5 Å². The lowest BCUT2D eigenvalue weighted by Gasteiger charge is -2.21. The number of carboxylic acids is 1. The Morgan fingerprint density at radius 1 is 1.24 bits per heavy atom. The SMILES string of the molecule is COc1ccc(CN(C)c2cc(C(=O)O)ccc2N)cc1. The summed E-state index contributed by atoms with van der Waals surface area (Å²) in [6, 6.07) is 12.4. The van der Waals surface area contributed by atoms with E-state index in [2.05, 4.69) is 0 Å². The lowest BCUT2D eigenvalue weighted by atomic mass is 10.1. The molecular formula is C16H18N2O3. The van der Waals surface area contributed by atoms with Crippen LogP contribution in [0.2, 0.25) is 0 Å². The van der Waals surface area contributed by atoms with Crippen molar-refractivity contribution in [2.75, 3.05) is 24.8 Å². The second-order valence-corrected chi connectivity index (χ2v) is 4.78. The zero-order valence-corrected chi connectivity index (χ0v) is 12.0. The molecule has 0 radical (unpaired) electrons. The van der Waals surface area contributed by atoms with Crippen LogP contribution in [0, 0.1) is 0 Å². The van der Waals surface area contributed by atoms with Crippen LogP contribution in [0.15, 0.2) is 42.5 Å². The Morgan fingerprint density at radius 3 is 2.48 bits per heavy atom. The summed E-state index contributed by atoms with van der Waals surface area (Å²) in [5.74, 6) is -0.164. The minimum absolute atomic E-state index is 0.223. The Balaban J connectivity index is 2.20. The van der Waals surface area contributed by atoms with Crippen molar-refractivity contribution in [3.8, 4) is 5.75 Å². The third-order valence-corrected chi connectivity index (χ3v) is 3.27. The number of rotatable bonds is 5. The molecule has 0 fully saturated rings. The normalized spacial score (nSPS) is 10.2. The van der Waals surface area contributed by atoms with Gasteiger partial charge in [0.25, 0.3) is 0 Å². The van der Waals surface area contributed by atoms with Gasteiger partial charge in [0.2, 0.25) is 0 Å². The molecule has 0 bridgehead atoms. The highest BCUT2D eigenvalue weighted by Gasteiger charge is 2.10. The predicted molar refractivity (Wildman–Crippen MR) is 82.9 cm³/mol. The fraction of sp³-hybridized carbons (Fsp3) is 0.188. The smallest absolute Gasteiger partial charge is 0.335 e. The van der Waals surface area contributed by atoms with Crippen molar-refractivity contribution in [1.82, 2.24) is 0 Å². The molecule has 0 saturated heterocycles. The van der Waals surface area contributed by atoms with Crippen molar-refractivity contribution >= 4 is 17.3 Å². The van der Waals surface area contributed by atoms with Crippen LogP contribution < -0.4 is 15.4 Å². The largest absolute Gasteiger partial charge is 0.497 e. The summed E-state index contributed by atoms with van der Waals surface area (Å²) in [6.45, 7) is 0.622. The Labute approximate surface area is 123 Å². The molecule has 0 heterocycles. The highest BCUT2D eigenvalue weighted by atomic mass is 16.5. The molecule has 5 heteroatoms. The molecule has 0 aromatic heterocycles. The van der Waals surface area contributed by atoms with Crippen LogP contribution in [0.5, 0.6) is 5.75 Å². The van der Waals surface area contributed by atoms with E-state index in [0.717, 1.165) is 11.3 Å². The fourth-order valence-electron chi connectivity index (χ4n) is 2.10. The molecule has 0 aliphatic rings. The van der Waals surface area contributed by atoms with E-state index in [1.165, 1.54) is 6.07 Å². The number of nitrogens with two attached hydrogens (primary N) is 1. The maximum Gasteiger partial charge on any atom is 0.335 e. The zero-order chi connectivity index (χ0) is 15.4. The van der Waals surface area contributed by atoms with E-state index in [1.807, 2.05) is 36.2 Å². The summed E-state index contributed by atoms with van der Waals surface area (Å²) in [7, 11) is 3.50. The molecule has 0 amide bonds. The van der Waals surface area contributed by atoms with Gasteiger partial charge in [0, 0.05) is 13.6 Å². The molecular weight excluding hydrogens is 268 g/mol. The van der Waals surface area contributed by atoms with Crippen LogP contribution >= 0.6 is 0 Å². The van der Waals surface area contributed by atoms with E-state index in [0.29, 0.717) is 17.9 Å². The zero-order valence-electron chi connectivity index (χ0n) is 12.0. The topological polar surface area (TPSA) is 75.8 Å². The number of carbonyl (C=O) groups is 1. The fourth-order valence-corrected chi connectivity index (χ4v) is 2.10. The van der Waals surface area contributed by atoms with Gasteiger partial charge in [-0.15, -0.1) is 0 Å². The number of methoxy groups -OCH3 is 1. The van der Waals surface area contributed by atoms with Crippen molar-refractivity contribution in [2.24, 2.45) is 0 Å². The van der Waals surface area contributed by atoms with Crippen molar-refractivity contribution in [3.05, 3.63) is 53.6 Å². The van der Waals surface area contributed by atoms with Crippen LogP contribution in [0.1, 0.15) is 15.9 Å². The average Bonchev–Trinajstić information content (AvgIpc) is 2.48. The maximum atomic E-state index is 11.0. The Bertz CT molecular complexity index is 638. The van der Waals surface area contributed by atoms with E-state index >= 15 is 0 Å². The minimum atomic E-state index is -0.964. The van der Waals surface area contributed by atoms with Gasteiger partial charge in [-0.05, 0) is 35.9 Å². The average molecular weight is 286 g/mol. The number of aromatic carboxylic acids is 1. The molecule has 5 nitrogen and oxygen atoms in total. The maximum absolute atomic E-state index is 11.0. The summed E-state index contributed by atoms with van der Waals surface area (Å²) in [5.41, 5.74) is 8.49. The molecule has 3 N–H and O–H groups in total. The second-order valence-electron chi connectivity index (χ2n) is 4.78. The van der Waals surface area contributed by atoms with E-state index in [4.69, 9.17) is 15.6 Å². The van der Waals surface area contributed by atoms with Crippen molar-refractivity contribution in [3.63, 3.8) is 0 Å². The first-order valence-electron chi connectivity index (χ1n) is 6.48. The van der Waals surface area contributed by atoms with E-state index < -0.39 is 5.97 Å². The van der Waals surface area contributed by atoms with Gasteiger partial charge in [0.05, 0.1) is 24.0 Å². The number of hydrogen-bond acceptors (Lipinski definition) is 4. The lowest BCUT2D eigenvalue weighted by Crippen LogP contribution is -2.18. The molecule has 0 saturated carbocycles. The highest BCUT2D eigenvalue weighted by Crippen LogP contribution is 2.25. The van der Waals surface area contributed by atoms with Gasteiger partial charge in [-0.1, -0.05) is 12.1 Å². The first kappa shape index (κ1) is 14.7. The van der Waals surface area contributed by atoms with Crippen LogP contribution in [0.3, 0.4) is 0 Å². The molecule has 2 aromatic rings. The third-order valence-electron chi connectivity index (χ3n) is 3.27. The third kappa shape index (κ3) is 3.45. The molecule has 0 aliphatic carbocycles. The predicted octanol–water partition coefficient (Wildman–Crippen LogP) is 2.61. The quantitative estimate of drug-likeness (QED) is 0.826. The summed E-state index contributed by atoms with van der Waals surface area (Å²) in [5, 5.41) is 9.06. The van der Waals surface area contributed by atoms with Crippen LogP contribution in [0.4, 0.5) is 11.4 Å². The van der Waals surface area contributed by atoms with Crippen molar-refractivity contribution < 1.29 is 14.6 Å². The van der Waals surface area contributed by atoms with Gasteiger partial charge in [-0.3, -0.25) is 0 Å². The summed E-state index contributed by atoms with van der Waals surface area (Å²) < 4.78 is 5.12. The lowest BCUT2D eigenvalue weighted by molar-refractivity contribution is 0.0697. The van der Waals surface area contributed by atoms with Crippen LogP contribution in [0.25, 0.3) is 0 Å². The highest BCUT2D eigenvalue weighted by molar-refractivity contribution is 5.90. The van der Waals surface area contributed by atoms with Crippen molar-refractivity contribution in [1.29, 1.82) is 0 Å². The minimum Gasteiger partial charge on any atom is -0.497 e. The summed E-state index contributed by atoms with van der Waals surface area (Å²) >= 11 is 0. The molecule has 0 spiro atoms. The van der Waals surface area contributed by atoms with Crippen molar-refractivity contribution in [2.45, 2.75) is 6.54 Å².